The van der Waals surface area contributed by atoms with Crippen LogP contribution < -0.4 is 11.1 Å². The number of nitrogens with zero attached hydrogens (tertiary/aromatic N) is 1. The third-order valence-electron chi connectivity index (χ3n) is 3.27. The Balaban J connectivity index is 1.93. The zero-order valence-corrected chi connectivity index (χ0v) is 10.1. The number of pyridine rings is 1. The molecule has 0 spiro atoms. The van der Waals surface area contributed by atoms with Gasteiger partial charge in [0.2, 0.25) is 0 Å². The van der Waals surface area contributed by atoms with Crippen LogP contribution in [0.5, 0.6) is 0 Å². The van der Waals surface area contributed by atoms with Crippen molar-refractivity contribution in [1.82, 2.24) is 10.3 Å². The topological polar surface area (TPSA) is 68.0 Å². The maximum Gasteiger partial charge on any atom is 0.251 e. The van der Waals surface area contributed by atoms with Crippen molar-refractivity contribution in [1.29, 1.82) is 0 Å². The molecular weight excluding hydrogens is 214 g/mol. The first-order chi connectivity index (χ1) is 8.15. The summed E-state index contributed by atoms with van der Waals surface area (Å²) in [6.07, 6.45) is 5.63. The average Bonchev–Trinajstić information content (AvgIpc) is 2.32. The molecule has 1 aromatic rings. The smallest absolute Gasteiger partial charge is 0.251 e. The van der Waals surface area contributed by atoms with Crippen LogP contribution >= 0.6 is 0 Å². The number of rotatable bonds is 2. The van der Waals surface area contributed by atoms with E-state index in [-0.39, 0.29) is 11.9 Å². The number of aromatic nitrogens is 1. The monoisotopic (exact) mass is 233 g/mol. The third kappa shape index (κ3) is 3.27. The fourth-order valence-electron chi connectivity index (χ4n) is 2.22. The minimum atomic E-state index is -0.00373. The fourth-order valence-corrected chi connectivity index (χ4v) is 2.22. The number of nitrogens with one attached hydrogen (secondary N) is 1. The molecule has 1 aromatic heterocycles. The van der Waals surface area contributed by atoms with E-state index in [4.69, 9.17) is 5.73 Å². The molecule has 92 valence electrons. The molecule has 0 bridgehead atoms. The first-order valence-corrected chi connectivity index (χ1v) is 6.14. The summed E-state index contributed by atoms with van der Waals surface area (Å²) in [7, 11) is 0. The number of amides is 1. The van der Waals surface area contributed by atoms with Crippen LogP contribution in [0.4, 0.5) is 0 Å². The van der Waals surface area contributed by atoms with Crippen molar-refractivity contribution in [3.05, 3.63) is 29.6 Å². The highest BCUT2D eigenvalue weighted by Gasteiger charge is 2.20. The summed E-state index contributed by atoms with van der Waals surface area (Å²) in [5.74, 6) is -0.00373. The van der Waals surface area contributed by atoms with E-state index in [1.807, 2.05) is 13.0 Å². The molecule has 1 aliphatic rings. The van der Waals surface area contributed by atoms with Gasteiger partial charge in [0.15, 0.2) is 0 Å². The summed E-state index contributed by atoms with van der Waals surface area (Å²) in [5.41, 5.74) is 7.39. The van der Waals surface area contributed by atoms with Crippen molar-refractivity contribution in [3.8, 4) is 0 Å². The third-order valence-corrected chi connectivity index (χ3v) is 3.27. The van der Waals surface area contributed by atoms with Gasteiger partial charge in [0, 0.05) is 29.5 Å². The molecule has 0 atom stereocenters. The Morgan fingerprint density at radius 3 is 2.76 bits per heavy atom. The lowest BCUT2D eigenvalue weighted by atomic mass is 9.91. The Hall–Kier alpha value is -1.42. The second kappa shape index (κ2) is 5.27. The molecule has 2 rings (SSSR count). The second-order valence-electron chi connectivity index (χ2n) is 4.77. The van der Waals surface area contributed by atoms with Crippen molar-refractivity contribution in [2.75, 3.05) is 0 Å². The van der Waals surface area contributed by atoms with E-state index in [0.29, 0.717) is 11.6 Å². The van der Waals surface area contributed by atoms with Crippen molar-refractivity contribution in [2.45, 2.75) is 44.7 Å². The SMILES string of the molecule is Cc1cc(C(=O)NC2CCC(N)CC2)ccn1. The minimum absolute atomic E-state index is 0.00373. The highest BCUT2D eigenvalue weighted by molar-refractivity contribution is 5.94. The van der Waals surface area contributed by atoms with E-state index in [2.05, 4.69) is 10.3 Å². The molecule has 4 heteroatoms. The van der Waals surface area contributed by atoms with Crippen LogP contribution in [0.2, 0.25) is 0 Å². The van der Waals surface area contributed by atoms with Crippen LogP contribution in [0.3, 0.4) is 0 Å². The molecule has 1 aliphatic carbocycles. The Morgan fingerprint density at radius 2 is 2.12 bits per heavy atom. The van der Waals surface area contributed by atoms with Gasteiger partial charge in [-0.05, 0) is 44.7 Å². The van der Waals surface area contributed by atoms with Crippen molar-refractivity contribution >= 4 is 5.91 Å². The van der Waals surface area contributed by atoms with E-state index < -0.39 is 0 Å². The van der Waals surface area contributed by atoms with Crippen LogP contribution in [0.15, 0.2) is 18.3 Å². The van der Waals surface area contributed by atoms with Gasteiger partial charge in [-0.25, -0.2) is 0 Å². The van der Waals surface area contributed by atoms with Crippen molar-refractivity contribution in [3.63, 3.8) is 0 Å². The molecule has 0 aromatic carbocycles. The van der Waals surface area contributed by atoms with Gasteiger partial charge in [-0.3, -0.25) is 9.78 Å². The van der Waals surface area contributed by atoms with Crippen molar-refractivity contribution in [2.24, 2.45) is 5.73 Å². The molecule has 1 saturated carbocycles. The molecular formula is C13H19N3O. The predicted molar refractivity (Wildman–Crippen MR) is 66.7 cm³/mol. The number of hydrogen-bond donors (Lipinski definition) is 2. The zero-order chi connectivity index (χ0) is 12.3. The number of hydrogen-bond acceptors (Lipinski definition) is 3. The van der Waals surface area contributed by atoms with Crippen LogP contribution in [0.25, 0.3) is 0 Å². The van der Waals surface area contributed by atoms with E-state index in [1.54, 1.807) is 12.3 Å². The van der Waals surface area contributed by atoms with Gasteiger partial charge in [0.1, 0.15) is 0 Å². The standard InChI is InChI=1S/C13H19N3O/c1-9-8-10(6-7-15-9)13(17)16-12-4-2-11(14)3-5-12/h6-8,11-12H,2-5,14H2,1H3,(H,16,17). The van der Waals surface area contributed by atoms with Gasteiger partial charge in [0.25, 0.3) is 5.91 Å². The lowest BCUT2D eigenvalue weighted by Crippen LogP contribution is -2.40. The first kappa shape index (κ1) is 12.0. The molecule has 1 fully saturated rings. The lowest BCUT2D eigenvalue weighted by molar-refractivity contribution is 0.0925. The van der Waals surface area contributed by atoms with Gasteiger partial charge >= 0.3 is 0 Å². The van der Waals surface area contributed by atoms with Crippen LogP contribution in [-0.4, -0.2) is 23.0 Å². The fraction of sp³-hybridized carbons (Fsp3) is 0.538. The normalized spacial score (nSPS) is 24.4. The first-order valence-electron chi connectivity index (χ1n) is 6.14. The predicted octanol–water partition coefficient (Wildman–Crippen LogP) is 1.39. The van der Waals surface area contributed by atoms with Crippen LogP contribution in [0, 0.1) is 6.92 Å². The Bertz CT molecular complexity index is 397. The molecule has 0 unspecified atom stereocenters. The zero-order valence-electron chi connectivity index (χ0n) is 10.1. The summed E-state index contributed by atoms with van der Waals surface area (Å²) in [4.78, 5) is 16.1. The van der Waals surface area contributed by atoms with Gasteiger partial charge in [-0.2, -0.15) is 0 Å². The van der Waals surface area contributed by atoms with Crippen LogP contribution in [-0.2, 0) is 0 Å². The van der Waals surface area contributed by atoms with Gasteiger partial charge < -0.3 is 11.1 Å². The maximum atomic E-state index is 12.0. The highest BCUT2D eigenvalue weighted by Crippen LogP contribution is 2.17. The maximum absolute atomic E-state index is 12.0. The Kier molecular flexibility index (Phi) is 3.74. The van der Waals surface area contributed by atoms with E-state index in [0.717, 1.165) is 31.4 Å². The molecule has 4 nitrogen and oxygen atoms in total. The molecule has 17 heavy (non-hydrogen) atoms. The number of carbonyl (C=O) groups is 1. The summed E-state index contributed by atoms with van der Waals surface area (Å²) >= 11 is 0. The molecule has 1 heterocycles. The Labute approximate surface area is 102 Å². The largest absolute Gasteiger partial charge is 0.349 e. The van der Waals surface area contributed by atoms with Gasteiger partial charge in [-0.1, -0.05) is 0 Å². The summed E-state index contributed by atoms with van der Waals surface area (Å²) in [6.45, 7) is 1.89. The van der Waals surface area contributed by atoms with E-state index in [9.17, 15) is 4.79 Å². The molecule has 0 radical (unpaired) electrons. The number of nitrogens with two attached hydrogens (primary N) is 1. The number of aryl methyl sites for hydroxylation is 1. The molecule has 0 saturated heterocycles. The van der Waals surface area contributed by atoms with E-state index >= 15 is 0 Å². The molecule has 0 aliphatic heterocycles. The lowest BCUT2D eigenvalue weighted by Gasteiger charge is -2.26. The van der Waals surface area contributed by atoms with Gasteiger partial charge in [-0.15, -0.1) is 0 Å². The summed E-state index contributed by atoms with van der Waals surface area (Å²) in [6, 6.07) is 4.14. The summed E-state index contributed by atoms with van der Waals surface area (Å²) < 4.78 is 0. The van der Waals surface area contributed by atoms with Crippen molar-refractivity contribution < 1.29 is 4.79 Å². The average molecular weight is 233 g/mol. The van der Waals surface area contributed by atoms with E-state index in [1.165, 1.54) is 0 Å². The quantitative estimate of drug-likeness (QED) is 0.811. The molecule has 3 N–H and O–H groups in total. The summed E-state index contributed by atoms with van der Waals surface area (Å²) in [5, 5.41) is 3.06. The van der Waals surface area contributed by atoms with Crippen LogP contribution in [0.1, 0.15) is 41.7 Å². The van der Waals surface area contributed by atoms with Gasteiger partial charge in [0.05, 0.1) is 0 Å². The minimum Gasteiger partial charge on any atom is -0.349 e. The second-order valence-corrected chi connectivity index (χ2v) is 4.77. The Morgan fingerprint density at radius 1 is 1.41 bits per heavy atom. The highest BCUT2D eigenvalue weighted by atomic mass is 16.1. The number of carbonyl (C=O) groups excluding carboxylic acids is 1. The molecule has 1 amide bonds.